The molecule has 0 spiro atoms. The Morgan fingerprint density at radius 2 is 2.14 bits per heavy atom. The number of carbonyl (C=O) groups is 1. The fourth-order valence-corrected chi connectivity index (χ4v) is 5.45. The van der Waals surface area contributed by atoms with Crippen LogP contribution in [0.2, 0.25) is 0 Å². The SMILES string of the molecule is CCC1CCCCN1C(=O)CSc1nc2ccsc2c(=O)n1-c1ccccc1F. The number of piperidine rings is 1. The van der Waals surface area contributed by atoms with Crippen LogP contribution in [0.15, 0.2) is 45.7 Å². The second-order valence-electron chi connectivity index (χ2n) is 7.05. The van der Waals surface area contributed by atoms with Gasteiger partial charge >= 0.3 is 0 Å². The number of thiophene rings is 1. The molecule has 4 rings (SSSR count). The zero-order valence-corrected chi connectivity index (χ0v) is 17.8. The van der Waals surface area contributed by atoms with Gasteiger partial charge in [-0.25, -0.2) is 9.37 Å². The molecular weight excluding hydrogens is 409 g/mol. The lowest BCUT2D eigenvalue weighted by atomic mass is 10.0. The van der Waals surface area contributed by atoms with E-state index in [9.17, 15) is 14.0 Å². The number of benzene rings is 1. The minimum atomic E-state index is -0.498. The van der Waals surface area contributed by atoms with E-state index in [1.54, 1.807) is 29.6 Å². The van der Waals surface area contributed by atoms with Crippen LogP contribution in [0.25, 0.3) is 15.9 Å². The first-order chi connectivity index (χ1) is 14.1. The van der Waals surface area contributed by atoms with Crippen LogP contribution in [0.5, 0.6) is 0 Å². The van der Waals surface area contributed by atoms with E-state index in [4.69, 9.17) is 0 Å². The number of likely N-dealkylation sites (tertiary alicyclic amines) is 1. The number of carbonyl (C=O) groups excluding carboxylic acids is 1. The third kappa shape index (κ3) is 3.96. The van der Waals surface area contributed by atoms with Crippen molar-refractivity contribution in [1.82, 2.24) is 14.5 Å². The lowest BCUT2D eigenvalue weighted by molar-refractivity contribution is -0.132. The third-order valence-corrected chi connectivity index (χ3v) is 7.10. The highest BCUT2D eigenvalue weighted by molar-refractivity contribution is 7.99. The molecule has 8 heteroatoms. The van der Waals surface area contributed by atoms with E-state index in [2.05, 4.69) is 11.9 Å². The Morgan fingerprint density at radius 3 is 2.93 bits per heavy atom. The van der Waals surface area contributed by atoms with E-state index >= 15 is 0 Å². The largest absolute Gasteiger partial charge is 0.339 e. The van der Waals surface area contributed by atoms with Gasteiger partial charge in [0, 0.05) is 12.6 Å². The van der Waals surface area contributed by atoms with Gasteiger partial charge in [-0.05, 0) is 49.3 Å². The van der Waals surface area contributed by atoms with Crippen LogP contribution in [0.1, 0.15) is 32.6 Å². The molecule has 1 saturated heterocycles. The van der Waals surface area contributed by atoms with Crippen molar-refractivity contribution in [3.8, 4) is 5.69 Å². The summed E-state index contributed by atoms with van der Waals surface area (Å²) in [5, 5.41) is 2.13. The molecule has 1 aliphatic heterocycles. The molecule has 0 saturated carbocycles. The van der Waals surface area contributed by atoms with Gasteiger partial charge in [0.25, 0.3) is 5.56 Å². The summed E-state index contributed by atoms with van der Waals surface area (Å²) in [4.78, 5) is 32.5. The molecule has 1 unspecified atom stereocenters. The topological polar surface area (TPSA) is 55.2 Å². The lowest BCUT2D eigenvalue weighted by Crippen LogP contribution is -2.44. The van der Waals surface area contributed by atoms with Crippen molar-refractivity contribution in [2.75, 3.05) is 12.3 Å². The second-order valence-corrected chi connectivity index (χ2v) is 8.91. The summed E-state index contributed by atoms with van der Waals surface area (Å²) >= 11 is 2.48. The summed E-state index contributed by atoms with van der Waals surface area (Å²) in [5.74, 6) is -0.281. The molecule has 1 atom stereocenters. The average molecular weight is 432 g/mol. The summed E-state index contributed by atoms with van der Waals surface area (Å²) in [5.41, 5.74) is 0.418. The molecule has 1 aliphatic rings. The van der Waals surface area contributed by atoms with Crippen LogP contribution >= 0.6 is 23.1 Å². The number of amides is 1. The van der Waals surface area contributed by atoms with Gasteiger partial charge in [-0.3, -0.25) is 14.2 Å². The normalized spacial score (nSPS) is 17.0. The first kappa shape index (κ1) is 20.1. The Kier molecular flexibility index (Phi) is 6.01. The predicted octanol–water partition coefficient (Wildman–Crippen LogP) is 4.47. The monoisotopic (exact) mass is 431 g/mol. The third-order valence-electron chi connectivity index (χ3n) is 5.29. The van der Waals surface area contributed by atoms with Crippen LogP contribution in [-0.4, -0.2) is 38.7 Å². The number of hydrogen-bond acceptors (Lipinski definition) is 5. The highest BCUT2D eigenvalue weighted by Crippen LogP contribution is 2.26. The Morgan fingerprint density at radius 1 is 1.31 bits per heavy atom. The van der Waals surface area contributed by atoms with Crippen molar-refractivity contribution < 1.29 is 9.18 Å². The minimum absolute atomic E-state index is 0.0429. The zero-order chi connectivity index (χ0) is 20.4. The van der Waals surface area contributed by atoms with E-state index < -0.39 is 5.82 Å². The van der Waals surface area contributed by atoms with E-state index in [0.717, 1.165) is 32.2 Å². The van der Waals surface area contributed by atoms with E-state index in [1.807, 2.05) is 4.90 Å². The van der Waals surface area contributed by atoms with Crippen molar-refractivity contribution in [3.63, 3.8) is 0 Å². The average Bonchev–Trinajstić information content (AvgIpc) is 3.22. The van der Waals surface area contributed by atoms with Crippen LogP contribution in [0.4, 0.5) is 4.39 Å². The number of para-hydroxylation sites is 1. The van der Waals surface area contributed by atoms with Crippen LogP contribution in [-0.2, 0) is 4.79 Å². The Bertz CT molecular complexity index is 1090. The molecule has 0 N–H and O–H groups in total. The van der Waals surface area contributed by atoms with Gasteiger partial charge in [0.05, 0.1) is 17.0 Å². The molecule has 0 bridgehead atoms. The number of halogens is 1. The summed E-state index contributed by atoms with van der Waals surface area (Å²) in [6, 6.07) is 8.19. The number of fused-ring (bicyclic) bond motifs is 1. The highest BCUT2D eigenvalue weighted by atomic mass is 32.2. The van der Waals surface area contributed by atoms with Crippen molar-refractivity contribution in [2.45, 2.75) is 43.8 Å². The Hall–Kier alpha value is -2.19. The van der Waals surface area contributed by atoms with E-state index in [1.165, 1.54) is 33.7 Å². The van der Waals surface area contributed by atoms with Crippen LogP contribution in [0.3, 0.4) is 0 Å². The molecular formula is C21H22FN3O2S2. The fraction of sp³-hybridized carbons (Fsp3) is 0.381. The first-order valence-corrected chi connectivity index (χ1v) is 11.6. The summed E-state index contributed by atoms with van der Waals surface area (Å²) < 4.78 is 16.2. The summed E-state index contributed by atoms with van der Waals surface area (Å²) in [6.45, 7) is 2.88. The quantitative estimate of drug-likeness (QED) is 0.442. The highest BCUT2D eigenvalue weighted by Gasteiger charge is 2.26. The number of nitrogens with zero attached hydrogens (tertiary/aromatic N) is 3. The first-order valence-electron chi connectivity index (χ1n) is 9.77. The van der Waals surface area contributed by atoms with Crippen LogP contribution < -0.4 is 5.56 Å². The number of rotatable bonds is 5. The maximum atomic E-state index is 14.5. The summed E-state index contributed by atoms with van der Waals surface area (Å²) in [6.07, 6.45) is 4.14. The standard InChI is InChI=1S/C21H22FN3O2S2/c1-2-14-7-5-6-11-24(14)18(26)13-29-21-23-16-10-12-28-19(16)20(27)25(21)17-9-4-3-8-15(17)22/h3-4,8-10,12,14H,2,5-7,11,13H2,1H3. The van der Waals surface area contributed by atoms with Crippen molar-refractivity contribution in [2.24, 2.45) is 0 Å². The number of thioether (sulfide) groups is 1. The molecule has 2 aromatic heterocycles. The van der Waals surface area contributed by atoms with Crippen LogP contribution in [0, 0.1) is 5.82 Å². The minimum Gasteiger partial charge on any atom is -0.339 e. The molecule has 0 radical (unpaired) electrons. The molecule has 152 valence electrons. The van der Waals surface area contributed by atoms with Gasteiger partial charge < -0.3 is 4.90 Å². The summed E-state index contributed by atoms with van der Waals surface area (Å²) in [7, 11) is 0. The Balaban J connectivity index is 1.68. The second kappa shape index (κ2) is 8.67. The van der Waals surface area contributed by atoms with Crippen molar-refractivity contribution in [3.05, 3.63) is 51.9 Å². The smallest absolute Gasteiger partial charge is 0.276 e. The lowest BCUT2D eigenvalue weighted by Gasteiger charge is -2.35. The molecule has 3 aromatic rings. The maximum absolute atomic E-state index is 14.5. The molecule has 1 fully saturated rings. The molecule has 29 heavy (non-hydrogen) atoms. The molecule has 3 heterocycles. The van der Waals surface area contributed by atoms with Crippen molar-refractivity contribution >= 4 is 39.2 Å². The predicted molar refractivity (Wildman–Crippen MR) is 116 cm³/mol. The van der Waals surface area contributed by atoms with Gasteiger partial charge in [0.2, 0.25) is 5.91 Å². The zero-order valence-electron chi connectivity index (χ0n) is 16.1. The van der Waals surface area contributed by atoms with Crippen molar-refractivity contribution in [1.29, 1.82) is 0 Å². The molecule has 5 nitrogen and oxygen atoms in total. The van der Waals surface area contributed by atoms with Gasteiger partial charge in [0.1, 0.15) is 10.5 Å². The van der Waals surface area contributed by atoms with E-state index in [0.29, 0.717) is 15.4 Å². The van der Waals surface area contributed by atoms with Gasteiger partial charge in [-0.2, -0.15) is 0 Å². The van der Waals surface area contributed by atoms with E-state index in [-0.39, 0.29) is 28.9 Å². The van der Waals surface area contributed by atoms with Gasteiger partial charge in [-0.15, -0.1) is 11.3 Å². The molecule has 1 aromatic carbocycles. The maximum Gasteiger partial charge on any atom is 0.276 e. The van der Waals surface area contributed by atoms with Gasteiger partial charge in [-0.1, -0.05) is 30.8 Å². The molecule has 0 aliphatic carbocycles. The fourth-order valence-electron chi connectivity index (χ4n) is 3.80. The molecule has 1 amide bonds. The number of hydrogen-bond donors (Lipinski definition) is 0. The number of aromatic nitrogens is 2. The Labute approximate surface area is 176 Å². The van der Waals surface area contributed by atoms with Gasteiger partial charge in [0.15, 0.2) is 5.16 Å².